The second kappa shape index (κ2) is 5.75. The molecule has 3 heteroatoms. The van der Waals surface area contributed by atoms with Crippen molar-refractivity contribution in [2.45, 2.75) is 31.6 Å². The van der Waals surface area contributed by atoms with Crippen LogP contribution in [-0.4, -0.2) is 29.8 Å². The molecule has 98 valence electrons. The molecule has 0 aromatic heterocycles. The molecule has 0 N–H and O–H groups in total. The quantitative estimate of drug-likeness (QED) is 0.767. The summed E-state index contributed by atoms with van der Waals surface area (Å²) in [6.45, 7) is 2.71. The summed E-state index contributed by atoms with van der Waals surface area (Å²) in [6, 6.07) is 8.35. The van der Waals surface area contributed by atoms with Crippen LogP contribution in [-0.2, 0) is 17.6 Å². The van der Waals surface area contributed by atoms with Gasteiger partial charge in [0, 0.05) is 24.9 Å². The van der Waals surface area contributed by atoms with E-state index in [2.05, 4.69) is 12.1 Å². The van der Waals surface area contributed by atoms with Gasteiger partial charge in [0.2, 0.25) is 5.91 Å². The topological polar surface area (TPSA) is 20.3 Å². The largest absolute Gasteiger partial charge is 0.345 e. The summed E-state index contributed by atoms with van der Waals surface area (Å²) in [6.07, 6.45) is 2.62. The lowest BCUT2D eigenvalue weighted by Gasteiger charge is -2.21. The maximum Gasteiger partial charge on any atom is 0.226 e. The monoisotopic (exact) mass is 265 g/mol. The van der Waals surface area contributed by atoms with E-state index in [-0.39, 0.29) is 17.2 Å². The van der Waals surface area contributed by atoms with Crippen molar-refractivity contribution in [3.05, 3.63) is 35.4 Å². The molecular formula is C15H20ClNO. The van der Waals surface area contributed by atoms with Crippen molar-refractivity contribution < 1.29 is 4.79 Å². The highest BCUT2D eigenvalue weighted by molar-refractivity contribution is 6.20. The van der Waals surface area contributed by atoms with Crippen molar-refractivity contribution >= 4 is 17.5 Å². The first-order chi connectivity index (χ1) is 8.58. The molecule has 1 aliphatic rings. The predicted molar refractivity (Wildman–Crippen MR) is 74.9 cm³/mol. The molecule has 0 bridgehead atoms. The van der Waals surface area contributed by atoms with Crippen molar-refractivity contribution in [2.24, 2.45) is 5.92 Å². The highest BCUT2D eigenvalue weighted by Gasteiger charge is 2.28. The van der Waals surface area contributed by atoms with E-state index in [0.717, 1.165) is 25.8 Å². The highest BCUT2D eigenvalue weighted by Crippen LogP contribution is 2.27. The summed E-state index contributed by atoms with van der Waals surface area (Å²) >= 11 is 5.92. The Morgan fingerprint density at radius 2 is 1.94 bits per heavy atom. The van der Waals surface area contributed by atoms with Crippen LogP contribution in [0.5, 0.6) is 0 Å². The number of fused-ring (bicyclic) bond motifs is 1. The standard InChI is InChI=1S/C15H20ClNO/c1-11(16)7-8-17(2)15(18)14-9-12-5-3-4-6-13(12)10-14/h3-6,11,14H,7-10H2,1-2H3. The summed E-state index contributed by atoms with van der Waals surface area (Å²) in [5.74, 6) is 0.376. The number of hydrogen-bond acceptors (Lipinski definition) is 1. The third-order valence-electron chi connectivity index (χ3n) is 3.64. The molecular weight excluding hydrogens is 246 g/mol. The van der Waals surface area contributed by atoms with Gasteiger partial charge in [-0.2, -0.15) is 0 Å². The minimum absolute atomic E-state index is 0.123. The zero-order chi connectivity index (χ0) is 13.1. The minimum atomic E-state index is 0.123. The fraction of sp³-hybridized carbons (Fsp3) is 0.533. The first kappa shape index (κ1) is 13.4. The number of benzene rings is 1. The van der Waals surface area contributed by atoms with E-state index < -0.39 is 0 Å². The molecule has 0 saturated carbocycles. The first-order valence-electron chi connectivity index (χ1n) is 6.53. The Morgan fingerprint density at radius 3 is 2.44 bits per heavy atom. The van der Waals surface area contributed by atoms with E-state index >= 15 is 0 Å². The van der Waals surface area contributed by atoms with E-state index in [1.807, 2.05) is 31.0 Å². The molecule has 1 amide bonds. The third-order valence-corrected chi connectivity index (χ3v) is 3.86. The van der Waals surface area contributed by atoms with Crippen LogP contribution in [0.15, 0.2) is 24.3 Å². The zero-order valence-corrected chi connectivity index (χ0v) is 11.8. The molecule has 1 aromatic carbocycles. The first-order valence-corrected chi connectivity index (χ1v) is 6.97. The van der Waals surface area contributed by atoms with Crippen molar-refractivity contribution in [1.82, 2.24) is 4.90 Å². The molecule has 0 fully saturated rings. The van der Waals surface area contributed by atoms with Gasteiger partial charge < -0.3 is 4.90 Å². The van der Waals surface area contributed by atoms with E-state index in [0.29, 0.717) is 0 Å². The van der Waals surface area contributed by atoms with Gasteiger partial charge in [-0.05, 0) is 37.3 Å². The predicted octanol–water partition coefficient (Wildman–Crippen LogP) is 2.88. The Bertz CT molecular complexity index is 405. The molecule has 2 rings (SSSR count). The van der Waals surface area contributed by atoms with Crippen LogP contribution < -0.4 is 0 Å². The molecule has 1 aromatic rings. The number of alkyl halides is 1. The van der Waals surface area contributed by atoms with Crippen LogP contribution in [0, 0.1) is 5.92 Å². The van der Waals surface area contributed by atoms with Crippen LogP contribution in [0.3, 0.4) is 0 Å². The van der Waals surface area contributed by atoms with Gasteiger partial charge in [0.25, 0.3) is 0 Å². The number of carbonyl (C=O) groups is 1. The zero-order valence-electron chi connectivity index (χ0n) is 11.0. The summed E-state index contributed by atoms with van der Waals surface area (Å²) in [4.78, 5) is 14.1. The molecule has 0 spiro atoms. The molecule has 0 aliphatic heterocycles. The van der Waals surface area contributed by atoms with E-state index in [1.54, 1.807) is 0 Å². The summed E-state index contributed by atoms with van der Waals surface area (Å²) < 4.78 is 0. The van der Waals surface area contributed by atoms with Gasteiger partial charge in [-0.1, -0.05) is 24.3 Å². The van der Waals surface area contributed by atoms with Crippen molar-refractivity contribution in [3.63, 3.8) is 0 Å². The molecule has 2 nitrogen and oxygen atoms in total. The third kappa shape index (κ3) is 3.05. The maximum absolute atomic E-state index is 12.3. The summed E-state index contributed by atoms with van der Waals surface area (Å²) in [7, 11) is 1.88. The number of rotatable bonds is 4. The number of carbonyl (C=O) groups excluding carboxylic acids is 1. The molecule has 18 heavy (non-hydrogen) atoms. The Labute approximate surface area is 114 Å². The summed E-state index contributed by atoms with van der Waals surface area (Å²) in [5, 5.41) is 0.126. The van der Waals surface area contributed by atoms with Crippen LogP contribution >= 0.6 is 11.6 Å². The van der Waals surface area contributed by atoms with Crippen LogP contribution in [0.2, 0.25) is 0 Å². The van der Waals surface area contributed by atoms with Crippen molar-refractivity contribution in [2.75, 3.05) is 13.6 Å². The Morgan fingerprint density at radius 1 is 1.39 bits per heavy atom. The number of hydrogen-bond donors (Lipinski definition) is 0. The van der Waals surface area contributed by atoms with Crippen molar-refractivity contribution in [3.8, 4) is 0 Å². The molecule has 0 radical (unpaired) electrons. The second-order valence-corrected chi connectivity index (χ2v) is 5.95. The van der Waals surface area contributed by atoms with Crippen LogP contribution in [0.1, 0.15) is 24.5 Å². The van der Waals surface area contributed by atoms with E-state index in [4.69, 9.17) is 11.6 Å². The average Bonchev–Trinajstić information content (AvgIpc) is 2.78. The van der Waals surface area contributed by atoms with Gasteiger partial charge in [0.15, 0.2) is 0 Å². The van der Waals surface area contributed by atoms with Crippen LogP contribution in [0.4, 0.5) is 0 Å². The normalized spacial score (nSPS) is 16.4. The van der Waals surface area contributed by atoms with Gasteiger partial charge in [0.1, 0.15) is 0 Å². The van der Waals surface area contributed by atoms with E-state index in [9.17, 15) is 4.79 Å². The molecule has 1 unspecified atom stereocenters. The number of nitrogens with zero attached hydrogens (tertiary/aromatic N) is 1. The van der Waals surface area contributed by atoms with E-state index in [1.165, 1.54) is 11.1 Å². The van der Waals surface area contributed by atoms with Gasteiger partial charge >= 0.3 is 0 Å². The van der Waals surface area contributed by atoms with Gasteiger partial charge in [0.05, 0.1) is 0 Å². The number of amides is 1. The Balaban J connectivity index is 1.92. The molecule has 0 heterocycles. The number of halogens is 1. The van der Waals surface area contributed by atoms with Crippen molar-refractivity contribution in [1.29, 1.82) is 0 Å². The Hall–Kier alpha value is -1.02. The van der Waals surface area contributed by atoms with Gasteiger partial charge in [-0.25, -0.2) is 0 Å². The average molecular weight is 266 g/mol. The second-order valence-electron chi connectivity index (χ2n) is 5.20. The summed E-state index contributed by atoms with van der Waals surface area (Å²) in [5.41, 5.74) is 2.66. The lowest BCUT2D eigenvalue weighted by molar-refractivity contribution is -0.133. The highest BCUT2D eigenvalue weighted by atomic mass is 35.5. The molecule has 0 saturated heterocycles. The van der Waals surface area contributed by atoms with Gasteiger partial charge in [-0.15, -0.1) is 11.6 Å². The fourth-order valence-corrected chi connectivity index (χ4v) is 2.62. The fourth-order valence-electron chi connectivity index (χ4n) is 2.53. The van der Waals surface area contributed by atoms with Crippen LogP contribution in [0.25, 0.3) is 0 Å². The lowest BCUT2D eigenvalue weighted by atomic mass is 10.0. The smallest absolute Gasteiger partial charge is 0.226 e. The minimum Gasteiger partial charge on any atom is -0.345 e. The molecule has 1 aliphatic carbocycles. The Kier molecular flexibility index (Phi) is 4.28. The molecule has 1 atom stereocenters. The van der Waals surface area contributed by atoms with Gasteiger partial charge in [-0.3, -0.25) is 4.79 Å². The lowest BCUT2D eigenvalue weighted by Crippen LogP contribution is -2.34. The maximum atomic E-state index is 12.3. The SMILES string of the molecule is CC(Cl)CCN(C)C(=O)C1Cc2ccccc2C1.